The topological polar surface area (TPSA) is 67.9 Å². The summed E-state index contributed by atoms with van der Waals surface area (Å²) < 4.78 is 11.5. The van der Waals surface area contributed by atoms with Gasteiger partial charge < -0.3 is 19.7 Å². The maximum absolute atomic E-state index is 12.7. The Hall–Kier alpha value is -2.13. The first-order valence-electron chi connectivity index (χ1n) is 8.79. The lowest BCUT2D eigenvalue weighted by molar-refractivity contribution is 0.0526. The van der Waals surface area contributed by atoms with Gasteiger partial charge in [-0.1, -0.05) is 6.07 Å². The van der Waals surface area contributed by atoms with E-state index in [4.69, 9.17) is 9.47 Å². The van der Waals surface area contributed by atoms with Crippen LogP contribution in [-0.4, -0.2) is 44.8 Å². The summed E-state index contributed by atoms with van der Waals surface area (Å²) in [4.78, 5) is 27.0. The number of ether oxygens (including phenoxy) is 2. The lowest BCUT2D eigenvalue weighted by atomic mass is 10.1. The van der Waals surface area contributed by atoms with E-state index in [0.717, 1.165) is 22.3 Å². The Kier molecular flexibility index (Phi) is 6.68. The molecule has 0 saturated carbocycles. The Labute approximate surface area is 172 Å². The smallest absolute Gasteiger partial charge is 0.338 e. The van der Waals surface area contributed by atoms with Gasteiger partial charge in [-0.3, -0.25) is 4.79 Å². The second-order valence-corrected chi connectivity index (χ2v) is 7.26. The van der Waals surface area contributed by atoms with Crippen LogP contribution in [0.25, 0.3) is 0 Å². The fourth-order valence-electron chi connectivity index (χ4n) is 2.88. The van der Waals surface area contributed by atoms with Gasteiger partial charge >= 0.3 is 5.97 Å². The summed E-state index contributed by atoms with van der Waals surface area (Å²) in [5.74, 6) is -0.625. The van der Waals surface area contributed by atoms with Crippen LogP contribution in [-0.2, 0) is 9.47 Å². The van der Waals surface area contributed by atoms with Gasteiger partial charge in [0.2, 0.25) is 0 Å². The van der Waals surface area contributed by atoms with Crippen LogP contribution in [0.3, 0.4) is 0 Å². The SMILES string of the molecule is CCOC(=O)c1ccc(N2CCOCC2)c(NC(=O)c2cccc(I)c2)c1. The third kappa shape index (κ3) is 4.98. The Morgan fingerprint density at radius 2 is 1.93 bits per heavy atom. The molecule has 1 heterocycles. The van der Waals surface area contributed by atoms with Crippen molar-refractivity contribution in [2.45, 2.75) is 6.92 Å². The van der Waals surface area contributed by atoms with Crippen molar-refractivity contribution in [1.29, 1.82) is 0 Å². The van der Waals surface area contributed by atoms with Gasteiger partial charge in [0.25, 0.3) is 5.91 Å². The first-order chi connectivity index (χ1) is 13.1. The number of nitrogens with zero attached hydrogens (tertiary/aromatic N) is 1. The third-order valence-electron chi connectivity index (χ3n) is 4.19. The third-order valence-corrected chi connectivity index (χ3v) is 4.87. The molecule has 0 atom stereocenters. The van der Waals surface area contributed by atoms with E-state index < -0.39 is 5.97 Å². The van der Waals surface area contributed by atoms with E-state index in [1.54, 1.807) is 25.1 Å². The average Bonchev–Trinajstić information content (AvgIpc) is 2.69. The molecule has 0 aliphatic carbocycles. The van der Waals surface area contributed by atoms with Gasteiger partial charge in [-0.2, -0.15) is 0 Å². The molecule has 1 saturated heterocycles. The lowest BCUT2D eigenvalue weighted by Gasteiger charge is -2.30. The normalized spacial score (nSPS) is 13.9. The van der Waals surface area contributed by atoms with Gasteiger partial charge in [-0.25, -0.2) is 4.79 Å². The van der Waals surface area contributed by atoms with Gasteiger partial charge in [0.1, 0.15) is 0 Å². The average molecular weight is 480 g/mol. The van der Waals surface area contributed by atoms with E-state index in [2.05, 4.69) is 32.8 Å². The van der Waals surface area contributed by atoms with Crippen molar-refractivity contribution < 1.29 is 19.1 Å². The fraction of sp³-hybridized carbons (Fsp3) is 0.300. The van der Waals surface area contributed by atoms with E-state index in [0.29, 0.717) is 36.6 Å². The molecule has 2 aromatic rings. The number of hydrogen-bond donors (Lipinski definition) is 1. The van der Waals surface area contributed by atoms with E-state index in [9.17, 15) is 9.59 Å². The zero-order chi connectivity index (χ0) is 19.2. The summed E-state index contributed by atoms with van der Waals surface area (Å²) in [6.45, 7) is 4.78. The highest BCUT2D eigenvalue weighted by molar-refractivity contribution is 14.1. The minimum atomic E-state index is -0.407. The van der Waals surface area contributed by atoms with Crippen LogP contribution in [0.2, 0.25) is 0 Å². The second kappa shape index (κ2) is 9.18. The maximum atomic E-state index is 12.7. The number of carbonyl (C=O) groups excluding carboxylic acids is 2. The molecule has 0 bridgehead atoms. The van der Waals surface area contributed by atoms with E-state index in [1.807, 2.05) is 24.3 Å². The highest BCUT2D eigenvalue weighted by Gasteiger charge is 2.19. The number of anilines is 2. The van der Waals surface area contributed by atoms with Crippen molar-refractivity contribution in [3.63, 3.8) is 0 Å². The van der Waals surface area contributed by atoms with Crippen LogP contribution in [0.4, 0.5) is 11.4 Å². The predicted molar refractivity (Wildman–Crippen MR) is 113 cm³/mol. The molecule has 0 spiro atoms. The van der Waals surface area contributed by atoms with Gasteiger partial charge in [-0.05, 0) is 65.9 Å². The monoisotopic (exact) mass is 480 g/mol. The molecule has 1 aliphatic heterocycles. The number of morpholine rings is 1. The quantitative estimate of drug-likeness (QED) is 0.524. The second-order valence-electron chi connectivity index (χ2n) is 6.02. The van der Waals surface area contributed by atoms with Gasteiger partial charge in [-0.15, -0.1) is 0 Å². The predicted octanol–water partition coefficient (Wildman–Crippen LogP) is 3.56. The van der Waals surface area contributed by atoms with Crippen LogP contribution in [0.5, 0.6) is 0 Å². The number of esters is 1. The van der Waals surface area contributed by atoms with E-state index in [-0.39, 0.29) is 5.91 Å². The summed E-state index contributed by atoms with van der Waals surface area (Å²) >= 11 is 2.17. The number of rotatable bonds is 5. The molecular weight excluding hydrogens is 459 g/mol. The largest absolute Gasteiger partial charge is 0.462 e. The number of carbonyl (C=O) groups is 2. The number of amides is 1. The van der Waals surface area contributed by atoms with Crippen molar-refractivity contribution >= 4 is 45.8 Å². The Balaban J connectivity index is 1.92. The first-order valence-corrected chi connectivity index (χ1v) is 9.87. The molecule has 3 rings (SSSR count). The Bertz CT molecular complexity index is 834. The van der Waals surface area contributed by atoms with E-state index >= 15 is 0 Å². The molecule has 0 unspecified atom stereocenters. The van der Waals surface area contributed by atoms with Crippen molar-refractivity contribution in [2.75, 3.05) is 43.1 Å². The zero-order valence-electron chi connectivity index (χ0n) is 15.0. The lowest BCUT2D eigenvalue weighted by Crippen LogP contribution is -2.36. The summed E-state index contributed by atoms with van der Waals surface area (Å²) in [7, 11) is 0. The molecule has 6 nitrogen and oxygen atoms in total. The molecule has 0 aromatic heterocycles. The van der Waals surface area contributed by atoms with Gasteiger partial charge in [0.15, 0.2) is 0 Å². The van der Waals surface area contributed by atoms with Crippen molar-refractivity contribution in [3.8, 4) is 0 Å². The molecule has 0 radical (unpaired) electrons. The van der Waals surface area contributed by atoms with Gasteiger partial charge in [0.05, 0.1) is 36.8 Å². The number of hydrogen-bond acceptors (Lipinski definition) is 5. The van der Waals surface area contributed by atoms with Crippen molar-refractivity contribution in [2.24, 2.45) is 0 Å². The Morgan fingerprint density at radius 3 is 2.63 bits per heavy atom. The fourth-order valence-corrected chi connectivity index (χ4v) is 3.42. The molecule has 27 heavy (non-hydrogen) atoms. The minimum Gasteiger partial charge on any atom is -0.462 e. The van der Waals surface area contributed by atoms with E-state index in [1.165, 1.54) is 0 Å². The van der Waals surface area contributed by atoms with Crippen molar-refractivity contribution in [3.05, 3.63) is 57.2 Å². The maximum Gasteiger partial charge on any atom is 0.338 e. The highest BCUT2D eigenvalue weighted by atomic mass is 127. The zero-order valence-corrected chi connectivity index (χ0v) is 17.2. The summed E-state index contributed by atoms with van der Waals surface area (Å²) in [6.07, 6.45) is 0. The number of benzene rings is 2. The first kappa shape index (κ1) is 19.6. The van der Waals surface area contributed by atoms with Crippen LogP contribution >= 0.6 is 22.6 Å². The summed E-state index contributed by atoms with van der Waals surface area (Å²) in [6, 6.07) is 12.6. The van der Waals surface area contributed by atoms with Crippen LogP contribution < -0.4 is 10.2 Å². The molecule has 142 valence electrons. The molecule has 1 aliphatic rings. The number of halogens is 1. The van der Waals surface area contributed by atoms with Gasteiger partial charge in [0, 0.05) is 22.2 Å². The van der Waals surface area contributed by atoms with Crippen LogP contribution in [0.15, 0.2) is 42.5 Å². The minimum absolute atomic E-state index is 0.218. The molecule has 1 amide bonds. The number of nitrogens with one attached hydrogen (secondary N) is 1. The summed E-state index contributed by atoms with van der Waals surface area (Å²) in [5.41, 5.74) is 2.43. The molecular formula is C20H21IN2O4. The van der Waals surface area contributed by atoms with Crippen LogP contribution in [0.1, 0.15) is 27.6 Å². The standard InChI is InChI=1S/C20H21IN2O4/c1-2-27-20(25)15-6-7-18(23-8-10-26-11-9-23)17(13-15)22-19(24)14-4-3-5-16(21)12-14/h3-7,12-13H,2,8-11H2,1H3,(H,22,24). The molecule has 7 heteroatoms. The molecule has 2 aromatic carbocycles. The molecule has 1 N–H and O–H groups in total. The highest BCUT2D eigenvalue weighted by Crippen LogP contribution is 2.29. The van der Waals surface area contributed by atoms with Crippen LogP contribution in [0, 0.1) is 3.57 Å². The van der Waals surface area contributed by atoms with Crippen molar-refractivity contribution in [1.82, 2.24) is 0 Å². The Morgan fingerprint density at radius 1 is 1.15 bits per heavy atom. The summed E-state index contributed by atoms with van der Waals surface area (Å²) in [5, 5.41) is 2.96. The molecule has 1 fully saturated rings.